The molecule has 30 heavy (non-hydrogen) atoms. The predicted octanol–water partition coefficient (Wildman–Crippen LogP) is 5.79. The van der Waals surface area contributed by atoms with E-state index in [0.29, 0.717) is 13.2 Å². The zero-order valence-corrected chi connectivity index (χ0v) is 19.4. The molecule has 4 heteroatoms. The molecule has 0 bridgehead atoms. The highest BCUT2D eigenvalue weighted by molar-refractivity contribution is 7.08. The second-order valence-electron chi connectivity index (χ2n) is 7.44. The summed E-state index contributed by atoms with van der Waals surface area (Å²) in [5, 5.41) is 4.28. The maximum absolute atomic E-state index is 5.82. The smallest absolute Gasteiger partial charge is 0.123 e. The van der Waals surface area contributed by atoms with Crippen LogP contribution >= 0.6 is 11.3 Å². The molecule has 0 saturated carbocycles. The van der Waals surface area contributed by atoms with Gasteiger partial charge in [-0.05, 0) is 66.1 Å². The molecule has 1 aromatic heterocycles. The average Bonchev–Trinajstić information content (AvgIpc) is 3.29. The first kappa shape index (κ1) is 24.1. The standard InChI is InChI=1S/C26H33NO2S/c1-5-27(16-8-6-7-15-26(2,3)28-4)17-9-10-18-29-21-23-12-11-13-24(20-23)25-14-19-30-22-25/h6,8-14,19-20,22H,5,16-18,21H2,1-4H3. The van der Waals surface area contributed by atoms with E-state index in [1.165, 1.54) is 16.7 Å². The van der Waals surface area contributed by atoms with Gasteiger partial charge < -0.3 is 9.47 Å². The van der Waals surface area contributed by atoms with Crippen molar-refractivity contribution in [3.8, 4) is 23.0 Å². The third-order valence-corrected chi connectivity index (χ3v) is 5.37. The van der Waals surface area contributed by atoms with Crippen molar-refractivity contribution in [3.63, 3.8) is 0 Å². The number of rotatable bonds is 11. The second-order valence-corrected chi connectivity index (χ2v) is 8.22. The molecule has 0 spiro atoms. The van der Waals surface area contributed by atoms with Crippen molar-refractivity contribution in [2.45, 2.75) is 33.0 Å². The summed E-state index contributed by atoms with van der Waals surface area (Å²) in [7, 11) is 1.68. The first-order chi connectivity index (χ1) is 14.5. The molecule has 0 N–H and O–H groups in total. The van der Waals surface area contributed by atoms with E-state index in [-0.39, 0.29) is 0 Å². The van der Waals surface area contributed by atoms with Crippen molar-refractivity contribution in [2.24, 2.45) is 0 Å². The highest BCUT2D eigenvalue weighted by atomic mass is 32.1. The van der Waals surface area contributed by atoms with E-state index < -0.39 is 5.60 Å². The lowest BCUT2D eigenvalue weighted by atomic mass is 10.1. The molecule has 0 unspecified atom stereocenters. The van der Waals surface area contributed by atoms with Gasteiger partial charge in [0.25, 0.3) is 0 Å². The fourth-order valence-corrected chi connectivity index (χ4v) is 3.33. The van der Waals surface area contributed by atoms with Crippen molar-refractivity contribution in [1.82, 2.24) is 4.90 Å². The Kier molecular flexibility index (Phi) is 10.6. The van der Waals surface area contributed by atoms with Crippen LogP contribution in [0.25, 0.3) is 11.1 Å². The van der Waals surface area contributed by atoms with Crippen LogP contribution in [0.2, 0.25) is 0 Å². The van der Waals surface area contributed by atoms with Gasteiger partial charge in [0.1, 0.15) is 5.60 Å². The highest BCUT2D eigenvalue weighted by Gasteiger charge is 2.10. The Balaban J connectivity index is 1.68. The average molecular weight is 424 g/mol. The van der Waals surface area contributed by atoms with Gasteiger partial charge in [0.05, 0.1) is 13.2 Å². The van der Waals surface area contributed by atoms with Crippen molar-refractivity contribution >= 4 is 11.3 Å². The summed E-state index contributed by atoms with van der Waals surface area (Å²) in [6.07, 6.45) is 8.25. The Morgan fingerprint density at radius 3 is 2.67 bits per heavy atom. The molecule has 1 heterocycles. The predicted molar refractivity (Wildman–Crippen MR) is 129 cm³/mol. The van der Waals surface area contributed by atoms with E-state index >= 15 is 0 Å². The summed E-state index contributed by atoms with van der Waals surface area (Å²) in [5.74, 6) is 6.13. The van der Waals surface area contributed by atoms with Crippen molar-refractivity contribution in [2.75, 3.05) is 33.4 Å². The number of nitrogens with zero attached hydrogens (tertiary/aromatic N) is 1. The molecule has 1 aromatic carbocycles. The van der Waals surface area contributed by atoms with E-state index in [1.807, 2.05) is 19.9 Å². The van der Waals surface area contributed by atoms with Crippen LogP contribution in [-0.4, -0.2) is 43.9 Å². The number of allylic oxidation sites excluding steroid dienone is 1. The first-order valence-electron chi connectivity index (χ1n) is 10.3. The Bertz CT molecular complexity index is 857. The SMILES string of the molecule is CCN(CC=CC#CC(C)(C)OC)CC=CCOCc1cccc(-c2ccsc2)c1. The Hall–Kier alpha value is -2.16. The number of benzene rings is 1. The largest absolute Gasteiger partial charge is 0.373 e. The zero-order chi connectivity index (χ0) is 21.7. The van der Waals surface area contributed by atoms with Gasteiger partial charge in [0.15, 0.2) is 0 Å². The monoisotopic (exact) mass is 423 g/mol. The molecule has 2 aromatic rings. The Morgan fingerprint density at radius 2 is 1.93 bits per heavy atom. The number of likely N-dealkylation sites (N-methyl/N-ethyl adjacent to an activating group) is 1. The van der Waals surface area contributed by atoms with Gasteiger partial charge in [-0.3, -0.25) is 4.90 Å². The van der Waals surface area contributed by atoms with Gasteiger partial charge >= 0.3 is 0 Å². The molecule has 0 radical (unpaired) electrons. The topological polar surface area (TPSA) is 21.7 Å². The van der Waals surface area contributed by atoms with Crippen LogP contribution in [0.15, 0.2) is 65.4 Å². The summed E-state index contributed by atoms with van der Waals surface area (Å²) in [4.78, 5) is 2.33. The van der Waals surface area contributed by atoms with Crippen LogP contribution in [0.3, 0.4) is 0 Å². The lowest BCUT2D eigenvalue weighted by molar-refractivity contribution is 0.0742. The molecule has 160 valence electrons. The van der Waals surface area contributed by atoms with Gasteiger partial charge in [0, 0.05) is 20.2 Å². The molecule has 0 amide bonds. The molecule has 2 rings (SSSR count). The van der Waals surface area contributed by atoms with Crippen molar-refractivity contribution < 1.29 is 9.47 Å². The Morgan fingerprint density at radius 1 is 1.10 bits per heavy atom. The minimum absolute atomic E-state index is 0.400. The van der Waals surface area contributed by atoms with E-state index in [4.69, 9.17) is 9.47 Å². The molecular weight excluding hydrogens is 390 g/mol. The molecule has 3 nitrogen and oxygen atoms in total. The van der Waals surface area contributed by atoms with Crippen LogP contribution in [0.5, 0.6) is 0 Å². The number of hydrogen-bond acceptors (Lipinski definition) is 4. The molecule has 0 fully saturated rings. The summed E-state index contributed by atoms with van der Waals surface area (Å²) in [5.41, 5.74) is 3.31. The van der Waals surface area contributed by atoms with Gasteiger partial charge in [-0.1, -0.05) is 55.2 Å². The molecule has 0 aliphatic carbocycles. The van der Waals surface area contributed by atoms with Gasteiger partial charge in [-0.25, -0.2) is 0 Å². The van der Waals surface area contributed by atoms with Gasteiger partial charge in [-0.2, -0.15) is 11.3 Å². The maximum atomic E-state index is 5.82. The van der Waals surface area contributed by atoms with Crippen LogP contribution in [-0.2, 0) is 16.1 Å². The van der Waals surface area contributed by atoms with Gasteiger partial charge in [-0.15, -0.1) is 0 Å². The van der Waals surface area contributed by atoms with E-state index in [9.17, 15) is 0 Å². The second kappa shape index (κ2) is 13.2. The number of hydrogen-bond donors (Lipinski definition) is 0. The molecule has 0 aliphatic rings. The minimum atomic E-state index is -0.400. The summed E-state index contributed by atoms with van der Waals surface area (Å²) in [6.45, 7) is 10.1. The number of ether oxygens (including phenoxy) is 2. The zero-order valence-electron chi connectivity index (χ0n) is 18.6. The van der Waals surface area contributed by atoms with Crippen molar-refractivity contribution in [3.05, 3.63) is 71.0 Å². The normalized spacial score (nSPS) is 12.0. The molecule has 0 atom stereocenters. The highest BCUT2D eigenvalue weighted by Crippen LogP contribution is 2.23. The lowest BCUT2D eigenvalue weighted by Gasteiger charge is -2.15. The first-order valence-corrected chi connectivity index (χ1v) is 11.3. The summed E-state index contributed by atoms with van der Waals surface area (Å²) >= 11 is 1.72. The van der Waals surface area contributed by atoms with E-state index in [2.05, 4.69) is 83.0 Å². The quantitative estimate of drug-likeness (QED) is 0.259. The van der Waals surface area contributed by atoms with Crippen molar-refractivity contribution in [1.29, 1.82) is 0 Å². The third-order valence-electron chi connectivity index (χ3n) is 4.69. The fourth-order valence-electron chi connectivity index (χ4n) is 2.67. The maximum Gasteiger partial charge on any atom is 0.123 e. The van der Waals surface area contributed by atoms with E-state index in [1.54, 1.807) is 18.4 Å². The summed E-state index contributed by atoms with van der Waals surface area (Å²) in [6, 6.07) is 10.7. The number of thiophene rings is 1. The molecule has 0 saturated heterocycles. The van der Waals surface area contributed by atoms with Crippen LogP contribution in [0, 0.1) is 11.8 Å². The van der Waals surface area contributed by atoms with Crippen LogP contribution < -0.4 is 0 Å². The molecule has 0 aliphatic heterocycles. The fraction of sp³-hybridized carbons (Fsp3) is 0.385. The summed E-state index contributed by atoms with van der Waals surface area (Å²) < 4.78 is 11.1. The van der Waals surface area contributed by atoms with E-state index in [0.717, 1.165) is 19.6 Å². The number of methoxy groups -OCH3 is 1. The Labute approximate surface area is 186 Å². The lowest BCUT2D eigenvalue weighted by Crippen LogP contribution is -2.23. The minimum Gasteiger partial charge on any atom is -0.373 e. The van der Waals surface area contributed by atoms with Crippen LogP contribution in [0.4, 0.5) is 0 Å². The third kappa shape index (κ3) is 9.11. The molecular formula is C26H33NO2S. The van der Waals surface area contributed by atoms with Crippen LogP contribution in [0.1, 0.15) is 26.3 Å². The van der Waals surface area contributed by atoms with Gasteiger partial charge in [0.2, 0.25) is 0 Å².